The summed E-state index contributed by atoms with van der Waals surface area (Å²) in [5.41, 5.74) is 5.74. The molecule has 3 unspecified atom stereocenters. The summed E-state index contributed by atoms with van der Waals surface area (Å²) in [6, 6.07) is 0.0261. The quantitative estimate of drug-likeness (QED) is 0.718. The van der Waals surface area contributed by atoms with E-state index in [1.807, 2.05) is 18.7 Å². The number of hydrogen-bond donors (Lipinski definition) is 1. The SMILES string of the molecule is CC1CN(C(=O)C2(C)CCCC2N)CCO1. The summed E-state index contributed by atoms with van der Waals surface area (Å²) in [5, 5.41) is 0. The molecule has 0 spiro atoms. The van der Waals surface area contributed by atoms with Gasteiger partial charge in [-0.15, -0.1) is 0 Å². The first kappa shape index (κ1) is 11.9. The van der Waals surface area contributed by atoms with Crippen molar-refractivity contribution in [2.24, 2.45) is 11.1 Å². The van der Waals surface area contributed by atoms with E-state index in [2.05, 4.69) is 0 Å². The second kappa shape index (κ2) is 4.34. The van der Waals surface area contributed by atoms with E-state index < -0.39 is 0 Å². The van der Waals surface area contributed by atoms with E-state index in [9.17, 15) is 4.79 Å². The maximum atomic E-state index is 12.5. The molecule has 0 aromatic carbocycles. The molecule has 0 aromatic heterocycles. The highest BCUT2D eigenvalue weighted by Crippen LogP contribution is 2.38. The molecule has 2 N–H and O–H groups in total. The molecule has 0 bridgehead atoms. The first-order chi connectivity index (χ1) is 7.54. The highest BCUT2D eigenvalue weighted by molar-refractivity contribution is 5.83. The number of carbonyl (C=O) groups is 1. The van der Waals surface area contributed by atoms with Gasteiger partial charge in [-0.1, -0.05) is 6.42 Å². The monoisotopic (exact) mass is 226 g/mol. The van der Waals surface area contributed by atoms with Crippen LogP contribution in [-0.4, -0.2) is 42.6 Å². The lowest BCUT2D eigenvalue weighted by Crippen LogP contribution is -2.53. The van der Waals surface area contributed by atoms with Gasteiger partial charge >= 0.3 is 0 Å². The van der Waals surface area contributed by atoms with E-state index >= 15 is 0 Å². The van der Waals surface area contributed by atoms with Gasteiger partial charge in [-0.25, -0.2) is 0 Å². The average molecular weight is 226 g/mol. The number of hydrogen-bond acceptors (Lipinski definition) is 3. The Hall–Kier alpha value is -0.610. The van der Waals surface area contributed by atoms with Crippen LogP contribution < -0.4 is 5.73 Å². The second-order valence-electron chi connectivity index (χ2n) is 5.35. The fraction of sp³-hybridized carbons (Fsp3) is 0.917. The maximum absolute atomic E-state index is 12.5. The van der Waals surface area contributed by atoms with E-state index in [0.717, 1.165) is 19.3 Å². The largest absolute Gasteiger partial charge is 0.375 e. The van der Waals surface area contributed by atoms with Crippen LogP contribution in [0.4, 0.5) is 0 Å². The first-order valence-electron chi connectivity index (χ1n) is 6.20. The van der Waals surface area contributed by atoms with Crippen molar-refractivity contribution in [3.8, 4) is 0 Å². The molecule has 1 saturated heterocycles. The number of nitrogens with zero attached hydrogens (tertiary/aromatic N) is 1. The Bertz CT molecular complexity index is 282. The van der Waals surface area contributed by atoms with Crippen LogP contribution in [0.3, 0.4) is 0 Å². The minimum atomic E-state index is -0.336. The molecule has 2 aliphatic rings. The minimum Gasteiger partial charge on any atom is -0.375 e. The minimum absolute atomic E-state index is 0.0261. The summed E-state index contributed by atoms with van der Waals surface area (Å²) >= 11 is 0. The number of ether oxygens (including phenoxy) is 1. The van der Waals surface area contributed by atoms with Crippen LogP contribution in [0.2, 0.25) is 0 Å². The van der Waals surface area contributed by atoms with E-state index in [0.29, 0.717) is 19.7 Å². The summed E-state index contributed by atoms with van der Waals surface area (Å²) in [6.45, 7) is 6.11. The summed E-state index contributed by atoms with van der Waals surface area (Å²) in [5.74, 6) is 0.229. The van der Waals surface area contributed by atoms with Gasteiger partial charge in [0, 0.05) is 19.1 Å². The van der Waals surface area contributed by atoms with Crippen molar-refractivity contribution < 1.29 is 9.53 Å². The lowest BCUT2D eigenvalue weighted by atomic mass is 9.83. The van der Waals surface area contributed by atoms with E-state index in [4.69, 9.17) is 10.5 Å². The molecule has 1 aliphatic heterocycles. The van der Waals surface area contributed by atoms with Crippen LogP contribution >= 0.6 is 0 Å². The Morgan fingerprint density at radius 3 is 2.88 bits per heavy atom. The fourth-order valence-corrected chi connectivity index (χ4v) is 2.82. The van der Waals surface area contributed by atoms with Crippen molar-refractivity contribution in [1.29, 1.82) is 0 Å². The lowest BCUT2D eigenvalue weighted by Gasteiger charge is -2.38. The molecule has 1 aliphatic carbocycles. The van der Waals surface area contributed by atoms with Gasteiger partial charge in [-0.05, 0) is 26.7 Å². The van der Waals surface area contributed by atoms with Crippen molar-refractivity contribution in [3.63, 3.8) is 0 Å². The van der Waals surface area contributed by atoms with Gasteiger partial charge in [0.25, 0.3) is 0 Å². The molecule has 16 heavy (non-hydrogen) atoms. The topological polar surface area (TPSA) is 55.6 Å². The molecule has 0 aromatic rings. The third-order valence-electron chi connectivity index (χ3n) is 4.05. The Morgan fingerprint density at radius 1 is 1.56 bits per heavy atom. The summed E-state index contributed by atoms with van der Waals surface area (Å²) < 4.78 is 5.46. The smallest absolute Gasteiger partial charge is 0.230 e. The van der Waals surface area contributed by atoms with Crippen molar-refractivity contribution in [3.05, 3.63) is 0 Å². The van der Waals surface area contributed by atoms with Crippen LogP contribution in [0, 0.1) is 5.41 Å². The first-order valence-corrected chi connectivity index (χ1v) is 6.20. The van der Waals surface area contributed by atoms with Gasteiger partial charge in [0.15, 0.2) is 0 Å². The van der Waals surface area contributed by atoms with E-state index in [-0.39, 0.29) is 23.5 Å². The zero-order chi connectivity index (χ0) is 11.8. The van der Waals surface area contributed by atoms with E-state index in [1.54, 1.807) is 0 Å². The molecule has 92 valence electrons. The number of amides is 1. The second-order valence-corrected chi connectivity index (χ2v) is 5.35. The molecule has 1 amide bonds. The van der Waals surface area contributed by atoms with Gasteiger partial charge in [-0.3, -0.25) is 4.79 Å². The molecule has 2 fully saturated rings. The van der Waals surface area contributed by atoms with Gasteiger partial charge in [0.05, 0.1) is 18.1 Å². The molecule has 1 heterocycles. The normalized spacial score (nSPS) is 40.1. The Kier molecular flexibility index (Phi) is 3.22. The number of carbonyl (C=O) groups excluding carboxylic acids is 1. The summed E-state index contributed by atoms with van der Waals surface area (Å²) in [6.07, 6.45) is 3.13. The number of nitrogens with two attached hydrogens (primary N) is 1. The molecule has 3 atom stereocenters. The Morgan fingerprint density at radius 2 is 2.31 bits per heavy atom. The van der Waals surface area contributed by atoms with Crippen LogP contribution in [-0.2, 0) is 9.53 Å². The third-order valence-corrected chi connectivity index (χ3v) is 4.05. The molecular formula is C12H22N2O2. The van der Waals surface area contributed by atoms with E-state index in [1.165, 1.54) is 0 Å². The van der Waals surface area contributed by atoms with Crippen molar-refractivity contribution >= 4 is 5.91 Å². The predicted molar refractivity (Wildman–Crippen MR) is 61.9 cm³/mol. The summed E-state index contributed by atoms with van der Waals surface area (Å²) in [4.78, 5) is 14.4. The molecule has 4 nitrogen and oxygen atoms in total. The molecule has 0 radical (unpaired) electrons. The van der Waals surface area contributed by atoms with Crippen LogP contribution in [0.5, 0.6) is 0 Å². The Labute approximate surface area is 97.1 Å². The van der Waals surface area contributed by atoms with Crippen LogP contribution in [0.15, 0.2) is 0 Å². The zero-order valence-electron chi connectivity index (χ0n) is 10.2. The van der Waals surface area contributed by atoms with Crippen LogP contribution in [0.25, 0.3) is 0 Å². The predicted octanol–water partition coefficient (Wildman–Crippen LogP) is 0.751. The highest BCUT2D eigenvalue weighted by Gasteiger charge is 2.45. The third kappa shape index (κ3) is 1.96. The van der Waals surface area contributed by atoms with Crippen molar-refractivity contribution in [2.45, 2.75) is 45.3 Å². The number of morpholine rings is 1. The zero-order valence-corrected chi connectivity index (χ0v) is 10.2. The fourth-order valence-electron chi connectivity index (χ4n) is 2.82. The van der Waals surface area contributed by atoms with Crippen molar-refractivity contribution in [2.75, 3.05) is 19.7 Å². The maximum Gasteiger partial charge on any atom is 0.230 e. The molecular weight excluding hydrogens is 204 g/mol. The van der Waals surface area contributed by atoms with Crippen LogP contribution in [0.1, 0.15) is 33.1 Å². The average Bonchev–Trinajstić information content (AvgIpc) is 2.59. The standard InChI is InChI=1S/C12H22N2O2/c1-9-8-14(6-7-16-9)11(15)12(2)5-3-4-10(12)13/h9-10H,3-8,13H2,1-2H3. The van der Waals surface area contributed by atoms with Gasteiger partial charge in [0.2, 0.25) is 5.91 Å². The Balaban J connectivity index is 2.06. The van der Waals surface area contributed by atoms with Gasteiger partial charge in [-0.2, -0.15) is 0 Å². The lowest BCUT2D eigenvalue weighted by molar-refractivity contribution is -0.148. The van der Waals surface area contributed by atoms with Gasteiger partial charge in [0.1, 0.15) is 0 Å². The molecule has 2 rings (SSSR count). The highest BCUT2D eigenvalue weighted by atomic mass is 16.5. The summed E-state index contributed by atoms with van der Waals surface area (Å²) in [7, 11) is 0. The molecule has 4 heteroatoms. The number of rotatable bonds is 1. The van der Waals surface area contributed by atoms with Gasteiger partial charge < -0.3 is 15.4 Å². The molecule has 1 saturated carbocycles. The van der Waals surface area contributed by atoms with Crippen molar-refractivity contribution in [1.82, 2.24) is 4.90 Å².